The molecule has 3 heteroatoms. The number of rotatable bonds is 4. The Hall–Kier alpha value is -3.16. The van der Waals surface area contributed by atoms with Crippen molar-refractivity contribution in [1.82, 2.24) is 0 Å². The van der Waals surface area contributed by atoms with E-state index in [1.165, 1.54) is 53.9 Å². The zero-order valence-electron chi connectivity index (χ0n) is 22.3. The molecule has 0 spiro atoms. The van der Waals surface area contributed by atoms with Gasteiger partial charge in [-0.2, -0.15) is 0 Å². The van der Waals surface area contributed by atoms with Gasteiger partial charge in [-0.25, -0.2) is 0 Å². The minimum atomic E-state index is -0.903. The van der Waals surface area contributed by atoms with E-state index in [1.54, 1.807) is 10.5 Å². The zero-order chi connectivity index (χ0) is 26.3. The minimum absolute atomic E-state index is 0.416. The van der Waals surface area contributed by atoms with Crippen LogP contribution in [0, 0.1) is 0 Å². The van der Waals surface area contributed by atoms with Crippen molar-refractivity contribution in [1.29, 1.82) is 0 Å². The van der Waals surface area contributed by atoms with Gasteiger partial charge >= 0.3 is 0 Å². The molecule has 0 bridgehead atoms. The van der Waals surface area contributed by atoms with Crippen molar-refractivity contribution < 1.29 is 0 Å². The lowest BCUT2D eigenvalue weighted by Gasteiger charge is -2.24. The summed E-state index contributed by atoms with van der Waals surface area (Å²) in [5.41, 5.74) is 5.91. The summed E-state index contributed by atoms with van der Waals surface area (Å²) in [5, 5.41) is 10.1. The van der Waals surface area contributed by atoms with Crippen LogP contribution in [-0.2, 0) is 12.3 Å². The summed E-state index contributed by atoms with van der Waals surface area (Å²) in [4.78, 5) is 1.42. The average molecular weight is 554 g/mol. The summed E-state index contributed by atoms with van der Waals surface area (Å²) in [5.74, 6) is 0. The molecule has 39 heavy (non-hydrogen) atoms. The maximum atomic E-state index is 2.49. The second-order valence-corrected chi connectivity index (χ2v) is 15.7. The molecule has 0 atom stereocenters. The third-order valence-electron chi connectivity index (χ3n) is 8.16. The molecule has 1 aliphatic rings. The molecule has 0 nitrogen and oxygen atoms in total. The topological polar surface area (TPSA) is 0 Å². The second-order valence-electron chi connectivity index (χ2n) is 10.3. The Morgan fingerprint density at radius 3 is 1.69 bits per heavy atom. The van der Waals surface area contributed by atoms with Gasteiger partial charge in [-0.15, -0.1) is 11.8 Å². The molecule has 0 saturated heterocycles. The molecule has 1 radical (unpaired) electrons. The highest BCUT2D eigenvalue weighted by Crippen LogP contribution is 2.52. The number of benzene rings is 6. The highest BCUT2D eigenvalue weighted by Gasteiger charge is 2.28. The molecule has 0 saturated carbocycles. The molecule has 0 aromatic heterocycles. The Morgan fingerprint density at radius 1 is 0.564 bits per heavy atom. The Bertz CT molecular complexity index is 1750. The highest BCUT2D eigenvalue weighted by atomic mass is 32.2. The minimum Gasteiger partial charge on any atom is -0.130 e. The van der Waals surface area contributed by atoms with Crippen LogP contribution in [0.1, 0.15) is 11.1 Å². The molecular weight excluding hydrogens is 524 g/mol. The number of hydrogen-bond acceptors (Lipinski definition) is 1. The van der Waals surface area contributed by atoms with Crippen molar-refractivity contribution in [2.45, 2.75) is 23.8 Å². The van der Waals surface area contributed by atoms with Gasteiger partial charge in [0, 0.05) is 4.90 Å². The van der Waals surface area contributed by atoms with Crippen molar-refractivity contribution in [3.8, 4) is 11.1 Å². The second kappa shape index (κ2) is 10.4. The third kappa shape index (κ3) is 4.36. The number of hydrogen-bond donors (Lipinski definition) is 0. The normalized spacial score (nSPS) is 13.4. The van der Waals surface area contributed by atoms with Gasteiger partial charge in [-0.3, -0.25) is 0 Å². The van der Waals surface area contributed by atoms with E-state index < -0.39 is 16.7 Å². The lowest BCUT2D eigenvalue weighted by Crippen LogP contribution is -2.46. The van der Waals surface area contributed by atoms with Crippen LogP contribution in [0.15, 0.2) is 126 Å². The summed E-state index contributed by atoms with van der Waals surface area (Å²) in [7, 11) is -1.32. The van der Waals surface area contributed by atoms with Crippen LogP contribution in [-0.4, -0.2) is 15.1 Å². The Labute approximate surface area is 238 Å². The van der Waals surface area contributed by atoms with Gasteiger partial charge in [0.05, 0.1) is 0 Å². The van der Waals surface area contributed by atoms with E-state index >= 15 is 0 Å². The van der Waals surface area contributed by atoms with E-state index in [2.05, 4.69) is 134 Å². The van der Waals surface area contributed by atoms with Gasteiger partial charge in [0.15, 0.2) is 0 Å². The average Bonchev–Trinajstić information content (AvgIpc) is 3.18. The van der Waals surface area contributed by atoms with Crippen LogP contribution < -0.4 is 15.7 Å². The van der Waals surface area contributed by atoms with Crippen LogP contribution in [0.25, 0.3) is 32.7 Å². The van der Waals surface area contributed by atoms with Crippen molar-refractivity contribution in [2.75, 3.05) is 6.26 Å². The van der Waals surface area contributed by atoms with E-state index in [0.29, 0.717) is 0 Å². The standard InChI is InChI=1S/C36H30PSSi/c1-38-32-16-8-10-18-34(32)39(2)33-17-9-7-15-31(33)37-23-27-21-19-25-11-3-5-13-29(25)35(27)36-28(24-37)22-20-26-12-4-6-14-30(26)36/h3-22H,23-24H2,1-2H3. The van der Waals surface area contributed by atoms with E-state index in [9.17, 15) is 0 Å². The van der Waals surface area contributed by atoms with Gasteiger partial charge < -0.3 is 0 Å². The largest absolute Gasteiger partial charge is 0.130 e. The van der Waals surface area contributed by atoms with E-state index in [1.807, 2.05) is 11.8 Å². The van der Waals surface area contributed by atoms with Crippen molar-refractivity contribution >= 4 is 65.7 Å². The van der Waals surface area contributed by atoms with Crippen LogP contribution in [0.5, 0.6) is 0 Å². The SMILES string of the molecule is CSc1ccccc1[Si](C)c1ccccc1P1Cc2ccc3ccccc3c2-c2c(ccc3ccccc23)C1. The summed E-state index contributed by atoms with van der Waals surface area (Å²) in [6.45, 7) is 2.49. The summed E-state index contributed by atoms with van der Waals surface area (Å²) >= 11 is 1.88. The lowest BCUT2D eigenvalue weighted by atomic mass is 9.88. The van der Waals surface area contributed by atoms with Crippen molar-refractivity contribution in [2.24, 2.45) is 0 Å². The number of thioether (sulfide) groups is 1. The molecule has 0 aliphatic carbocycles. The van der Waals surface area contributed by atoms with Crippen LogP contribution in [0.2, 0.25) is 6.55 Å². The fourth-order valence-electron chi connectivity index (χ4n) is 6.29. The monoisotopic (exact) mass is 553 g/mol. The van der Waals surface area contributed by atoms with Gasteiger partial charge in [-0.05, 0) is 84.1 Å². The van der Waals surface area contributed by atoms with Gasteiger partial charge in [0.25, 0.3) is 0 Å². The molecule has 0 unspecified atom stereocenters. The zero-order valence-corrected chi connectivity index (χ0v) is 25.0. The first kappa shape index (κ1) is 24.8. The maximum absolute atomic E-state index is 2.49. The van der Waals surface area contributed by atoms with E-state index in [0.717, 1.165) is 12.3 Å². The first-order valence-electron chi connectivity index (χ1n) is 13.6. The van der Waals surface area contributed by atoms with Crippen LogP contribution >= 0.6 is 19.7 Å². The van der Waals surface area contributed by atoms with E-state index in [-0.39, 0.29) is 0 Å². The van der Waals surface area contributed by atoms with Crippen molar-refractivity contribution in [3.63, 3.8) is 0 Å². The molecular formula is C36H30PSSi. The Balaban J connectivity index is 1.44. The van der Waals surface area contributed by atoms with Crippen LogP contribution in [0.3, 0.4) is 0 Å². The fourth-order valence-corrected chi connectivity index (χ4v) is 13.0. The Morgan fingerprint density at radius 2 is 1.08 bits per heavy atom. The fraction of sp³-hybridized carbons (Fsp3) is 0.111. The quantitative estimate of drug-likeness (QED) is 0.120. The Kier molecular flexibility index (Phi) is 6.65. The molecule has 0 N–H and O–H groups in total. The van der Waals surface area contributed by atoms with Gasteiger partial charge in [-0.1, -0.05) is 130 Å². The molecule has 6 aromatic rings. The molecule has 1 aliphatic heterocycles. The van der Waals surface area contributed by atoms with Gasteiger partial charge in [0.1, 0.15) is 8.80 Å². The summed E-state index contributed by atoms with van der Waals surface area (Å²) < 4.78 is 0. The maximum Gasteiger partial charge on any atom is 0.120 e. The molecule has 6 aromatic carbocycles. The molecule has 7 rings (SSSR count). The molecule has 189 valence electrons. The molecule has 0 amide bonds. The van der Waals surface area contributed by atoms with Crippen molar-refractivity contribution in [3.05, 3.63) is 132 Å². The molecule has 0 fully saturated rings. The number of fused-ring (bicyclic) bond motifs is 7. The first-order chi connectivity index (χ1) is 19.2. The first-order valence-corrected chi connectivity index (χ1v) is 18.5. The summed E-state index contributed by atoms with van der Waals surface area (Å²) in [6, 6.07) is 45.9. The van der Waals surface area contributed by atoms with Gasteiger partial charge in [0.2, 0.25) is 0 Å². The summed E-state index contributed by atoms with van der Waals surface area (Å²) in [6.07, 6.45) is 4.45. The van der Waals surface area contributed by atoms with E-state index in [4.69, 9.17) is 0 Å². The lowest BCUT2D eigenvalue weighted by molar-refractivity contribution is 1.40. The highest BCUT2D eigenvalue weighted by molar-refractivity contribution is 7.98. The molecule has 1 heterocycles. The van der Waals surface area contributed by atoms with Crippen LogP contribution in [0.4, 0.5) is 0 Å². The smallest absolute Gasteiger partial charge is 0.120 e. The predicted molar refractivity (Wildman–Crippen MR) is 176 cm³/mol. The predicted octanol–water partition coefficient (Wildman–Crippen LogP) is 8.44. The third-order valence-corrected chi connectivity index (χ3v) is 14.4.